The Morgan fingerprint density at radius 3 is 2.28 bits per heavy atom. The van der Waals surface area contributed by atoms with Crippen molar-refractivity contribution < 1.29 is 14.3 Å². The third-order valence-electron chi connectivity index (χ3n) is 4.26. The van der Waals surface area contributed by atoms with E-state index in [2.05, 4.69) is 29.2 Å². The van der Waals surface area contributed by atoms with E-state index >= 15 is 0 Å². The van der Waals surface area contributed by atoms with Gasteiger partial charge in [0.1, 0.15) is 12.4 Å². The van der Waals surface area contributed by atoms with Gasteiger partial charge in [0.2, 0.25) is 0 Å². The van der Waals surface area contributed by atoms with E-state index in [1.165, 1.54) is 0 Å². The van der Waals surface area contributed by atoms with Gasteiger partial charge >= 0.3 is 6.09 Å². The second-order valence-corrected chi connectivity index (χ2v) is 5.94. The van der Waals surface area contributed by atoms with E-state index in [1.807, 2.05) is 37.3 Å². The molecule has 1 aliphatic rings. The van der Waals surface area contributed by atoms with Gasteiger partial charge < -0.3 is 19.3 Å². The summed E-state index contributed by atoms with van der Waals surface area (Å²) < 4.78 is 10.9. The molecule has 132 valence electrons. The quantitative estimate of drug-likeness (QED) is 0.835. The minimum absolute atomic E-state index is 0.216. The molecule has 1 fully saturated rings. The summed E-state index contributed by atoms with van der Waals surface area (Å²) in [4.78, 5) is 15.8. The maximum atomic E-state index is 11.7. The Kier molecular flexibility index (Phi) is 5.77. The number of anilines is 1. The van der Waals surface area contributed by atoms with E-state index in [0.29, 0.717) is 26.3 Å². The minimum Gasteiger partial charge on any atom is -0.489 e. The standard InChI is InChI=1S/C20H24N2O3/c1-2-24-20(23)22-14-12-21(13-15-22)18-8-10-19(11-9-18)25-16-17-6-4-3-5-7-17/h3-11H,2,12-16H2,1H3. The normalized spacial score (nSPS) is 14.3. The lowest BCUT2D eigenvalue weighted by molar-refractivity contribution is 0.105. The molecule has 0 atom stereocenters. The van der Waals surface area contributed by atoms with E-state index in [1.54, 1.807) is 4.90 Å². The predicted molar refractivity (Wildman–Crippen MR) is 98.0 cm³/mol. The van der Waals surface area contributed by atoms with Crippen LogP contribution in [0.3, 0.4) is 0 Å². The van der Waals surface area contributed by atoms with E-state index in [0.717, 1.165) is 30.1 Å². The van der Waals surface area contributed by atoms with Gasteiger partial charge in [-0.05, 0) is 36.8 Å². The Morgan fingerprint density at radius 2 is 1.64 bits per heavy atom. The van der Waals surface area contributed by atoms with Crippen LogP contribution in [-0.4, -0.2) is 43.8 Å². The van der Waals surface area contributed by atoms with Crippen LogP contribution in [0.1, 0.15) is 12.5 Å². The van der Waals surface area contributed by atoms with Crippen molar-refractivity contribution in [2.45, 2.75) is 13.5 Å². The zero-order valence-electron chi connectivity index (χ0n) is 14.6. The molecule has 0 aliphatic carbocycles. The van der Waals surface area contributed by atoms with Gasteiger partial charge in [0.15, 0.2) is 0 Å². The highest BCUT2D eigenvalue weighted by Gasteiger charge is 2.21. The Morgan fingerprint density at radius 1 is 0.960 bits per heavy atom. The summed E-state index contributed by atoms with van der Waals surface area (Å²) in [6, 6.07) is 18.3. The monoisotopic (exact) mass is 340 g/mol. The summed E-state index contributed by atoms with van der Waals surface area (Å²) in [7, 11) is 0. The average Bonchev–Trinajstić information content (AvgIpc) is 2.68. The molecule has 1 aliphatic heterocycles. The van der Waals surface area contributed by atoms with Gasteiger partial charge in [-0.15, -0.1) is 0 Å². The zero-order valence-corrected chi connectivity index (χ0v) is 14.6. The molecule has 1 saturated heterocycles. The number of hydrogen-bond acceptors (Lipinski definition) is 4. The molecule has 25 heavy (non-hydrogen) atoms. The van der Waals surface area contributed by atoms with Crippen molar-refractivity contribution in [2.24, 2.45) is 0 Å². The van der Waals surface area contributed by atoms with E-state index < -0.39 is 0 Å². The van der Waals surface area contributed by atoms with Crippen molar-refractivity contribution in [3.05, 3.63) is 60.2 Å². The first-order valence-electron chi connectivity index (χ1n) is 8.69. The Bertz CT molecular complexity index is 665. The molecule has 0 saturated carbocycles. The summed E-state index contributed by atoms with van der Waals surface area (Å²) >= 11 is 0. The lowest BCUT2D eigenvalue weighted by atomic mass is 10.2. The lowest BCUT2D eigenvalue weighted by Gasteiger charge is -2.35. The Labute approximate surface area is 148 Å². The van der Waals surface area contributed by atoms with Crippen molar-refractivity contribution in [1.29, 1.82) is 0 Å². The van der Waals surface area contributed by atoms with Crippen molar-refractivity contribution in [3.63, 3.8) is 0 Å². The molecule has 0 radical (unpaired) electrons. The summed E-state index contributed by atoms with van der Waals surface area (Å²) in [5, 5.41) is 0. The topological polar surface area (TPSA) is 42.0 Å². The molecule has 0 spiro atoms. The number of piperazine rings is 1. The molecular formula is C20H24N2O3. The van der Waals surface area contributed by atoms with Crippen molar-refractivity contribution in [3.8, 4) is 5.75 Å². The van der Waals surface area contributed by atoms with Gasteiger partial charge in [0.25, 0.3) is 0 Å². The third-order valence-corrected chi connectivity index (χ3v) is 4.26. The van der Waals surface area contributed by atoms with E-state index in [-0.39, 0.29) is 6.09 Å². The van der Waals surface area contributed by atoms with Crippen LogP contribution in [0.25, 0.3) is 0 Å². The second-order valence-electron chi connectivity index (χ2n) is 5.94. The van der Waals surface area contributed by atoms with E-state index in [4.69, 9.17) is 9.47 Å². The number of ether oxygens (including phenoxy) is 2. The molecule has 1 heterocycles. The number of rotatable bonds is 5. The Hall–Kier alpha value is -2.69. The summed E-state index contributed by atoms with van der Waals surface area (Å²) in [5.74, 6) is 0.859. The Balaban J connectivity index is 1.50. The molecule has 5 nitrogen and oxygen atoms in total. The third kappa shape index (κ3) is 4.66. The molecule has 2 aromatic carbocycles. The fourth-order valence-electron chi connectivity index (χ4n) is 2.86. The van der Waals surface area contributed by atoms with Crippen molar-refractivity contribution >= 4 is 11.8 Å². The number of carbonyl (C=O) groups excluding carboxylic acids is 1. The fourth-order valence-corrected chi connectivity index (χ4v) is 2.86. The number of hydrogen-bond donors (Lipinski definition) is 0. The van der Waals surface area contributed by atoms with Crippen LogP contribution in [0.15, 0.2) is 54.6 Å². The average molecular weight is 340 g/mol. The molecule has 5 heteroatoms. The summed E-state index contributed by atoms with van der Waals surface area (Å²) in [5.41, 5.74) is 2.30. The molecule has 0 N–H and O–H groups in total. The van der Waals surface area contributed by atoms with Crippen LogP contribution in [0, 0.1) is 0 Å². The van der Waals surface area contributed by atoms with Crippen LogP contribution >= 0.6 is 0 Å². The number of carbonyl (C=O) groups is 1. The maximum Gasteiger partial charge on any atom is 0.409 e. The summed E-state index contributed by atoms with van der Waals surface area (Å²) in [6.07, 6.45) is -0.216. The van der Waals surface area contributed by atoms with Crippen LogP contribution in [0.4, 0.5) is 10.5 Å². The largest absolute Gasteiger partial charge is 0.489 e. The predicted octanol–water partition coefficient (Wildman–Crippen LogP) is 3.54. The van der Waals surface area contributed by atoms with Gasteiger partial charge in [0, 0.05) is 31.9 Å². The molecule has 2 aromatic rings. The van der Waals surface area contributed by atoms with Crippen LogP contribution in [0.5, 0.6) is 5.75 Å². The number of amides is 1. The smallest absolute Gasteiger partial charge is 0.409 e. The van der Waals surface area contributed by atoms with Crippen LogP contribution in [0.2, 0.25) is 0 Å². The molecule has 0 unspecified atom stereocenters. The van der Waals surface area contributed by atoms with Crippen LogP contribution in [-0.2, 0) is 11.3 Å². The molecule has 0 aromatic heterocycles. The van der Waals surface area contributed by atoms with Crippen LogP contribution < -0.4 is 9.64 Å². The highest BCUT2D eigenvalue weighted by Crippen LogP contribution is 2.21. The van der Waals surface area contributed by atoms with Gasteiger partial charge in [-0.3, -0.25) is 0 Å². The van der Waals surface area contributed by atoms with Gasteiger partial charge in [0.05, 0.1) is 6.61 Å². The second kappa shape index (κ2) is 8.42. The first-order chi connectivity index (χ1) is 12.3. The highest BCUT2D eigenvalue weighted by molar-refractivity contribution is 5.68. The van der Waals surface area contributed by atoms with Gasteiger partial charge in [-0.1, -0.05) is 30.3 Å². The highest BCUT2D eigenvalue weighted by atomic mass is 16.6. The number of nitrogens with zero attached hydrogens (tertiary/aromatic N) is 2. The van der Waals surface area contributed by atoms with E-state index in [9.17, 15) is 4.79 Å². The SMILES string of the molecule is CCOC(=O)N1CCN(c2ccc(OCc3ccccc3)cc2)CC1. The van der Waals surface area contributed by atoms with Gasteiger partial charge in [-0.2, -0.15) is 0 Å². The molecule has 1 amide bonds. The van der Waals surface area contributed by atoms with Crippen molar-refractivity contribution in [1.82, 2.24) is 4.90 Å². The van der Waals surface area contributed by atoms with Gasteiger partial charge in [-0.25, -0.2) is 4.79 Å². The zero-order chi connectivity index (χ0) is 17.5. The summed E-state index contributed by atoms with van der Waals surface area (Å²) in [6.45, 7) is 5.81. The minimum atomic E-state index is -0.216. The number of benzene rings is 2. The fraction of sp³-hybridized carbons (Fsp3) is 0.350. The first-order valence-corrected chi connectivity index (χ1v) is 8.69. The molecule has 3 rings (SSSR count). The van der Waals surface area contributed by atoms with Crippen molar-refractivity contribution in [2.75, 3.05) is 37.7 Å². The lowest BCUT2D eigenvalue weighted by Crippen LogP contribution is -2.48. The molecular weight excluding hydrogens is 316 g/mol. The first kappa shape index (κ1) is 17.1. The maximum absolute atomic E-state index is 11.7. The molecule has 0 bridgehead atoms.